The maximum atomic E-state index is 8.71. The Kier molecular flexibility index (Phi) is 5.57. The van der Waals surface area contributed by atoms with Crippen LogP contribution in [-0.2, 0) is 0 Å². The van der Waals surface area contributed by atoms with Crippen molar-refractivity contribution in [1.29, 1.82) is 5.26 Å². The molecule has 0 saturated heterocycles. The van der Waals surface area contributed by atoms with Crippen molar-refractivity contribution in [3.63, 3.8) is 0 Å². The first-order valence-corrected chi connectivity index (χ1v) is 5.92. The van der Waals surface area contributed by atoms with Crippen molar-refractivity contribution >= 4 is 23.2 Å². The minimum atomic E-state index is 0.0207. The number of hydrogen-bond acceptors (Lipinski definition) is 3. The number of rotatable bonds is 5. The fourth-order valence-corrected chi connectivity index (χ4v) is 1.80. The van der Waals surface area contributed by atoms with Gasteiger partial charge in [0.05, 0.1) is 28.6 Å². The summed E-state index contributed by atoms with van der Waals surface area (Å²) in [7, 11) is 3.80. The second kappa shape index (κ2) is 6.70. The molecule has 0 aliphatic rings. The monoisotopic (exact) mass is 272 g/mol. The van der Waals surface area contributed by atoms with E-state index in [0.29, 0.717) is 28.8 Å². The van der Waals surface area contributed by atoms with Crippen molar-refractivity contribution in [3.05, 3.63) is 28.2 Å². The zero-order valence-corrected chi connectivity index (χ0v) is 11.3. The van der Waals surface area contributed by atoms with Crippen LogP contribution in [0.25, 0.3) is 0 Å². The molecule has 0 amide bonds. The summed E-state index contributed by atoms with van der Waals surface area (Å²) < 4.78 is 5.59. The molecule has 0 aromatic heterocycles. The molecule has 0 spiro atoms. The van der Waals surface area contributed by atoms with Gasteiger partial charge < -0.3 is 9.64 Å². The highest BCUT2D eigenvalue weighted by Gasteiger charge is 2.14. The minimum absolute atomic E-state index is 0.0207. The third-order valence-electron chi connectivity index (χ3n) is 2.40. The van der Waals surface area contributed by atoms with E-state index in [-0.39, 0.29) is 6.04 Å². The van der Waals surface area contributed by atoms with Gasteiger partial charge in [0, 0.05) is 0 Å². The summed E-state index contributed by atoms with van der Waals surface area (Å²) in [5, 5.41) is 9.66. The van der Waals surface area contributed by atoms with Gasteiger partial charge in [0.25, 0.3) is 0 Å². The number of nitriles is 1. The lowest BCUT2D eigenvalue weighted by Crippen LogP contribution is -2.33. The van der Waals surface area contributed by atoms with Crippen molar-refractivity contribution < 1.29 is 4.74 Å². The Morgan fingerprint density at radius 3 is 2.41 bits per heavy atom. The summed E-state index contributed by atoms with van der Waals surface area (Å²) in [6, 6.07) is 7.35. The van der Waals surface area contributed by atoms with Gasteiger partial charge in [0.15, 0.2) is 5.75 Å². The Balaban J connectivity index is 2.69. The van der Waals surface area contributed by atoms with Crippen LogP contribution in [0.4, 0.5) is 0 Å². The summed E-state index contributed by atoms with van der Waals surface area (Å²) in [5.74, 6) is 0.473. The third kappa shape index (κ3) is 4.08. The lowest BCUT2D eigenvalue weighted by molar-refractivity contribution is 0.188. The lowest BCUT2D eigenvalue weighted by atomic mass is 10.2. The second-order valence-electron chi connectivity index (χ2n) is 3.84. The van der Waals surface area contributed by atoms with E-state index in [1.54, 1.807) is 18.2 Å². The molecular weight excluding hydrogens is 259 g/mol. The molecule has 0 saturated carbocycles. The van der Waals surface area contributed by atoms with Gasteiger partial charge in [-0.15, -0.1) is 0 Å². The highest BCUT2D eigenvalue weighted by atomic mass is 35.5. The van der Waals surface area contributed by atoms with Crippen LogP contribution in [0.2, 0.25) is 10.0 Å². The summed E-state index contributed by atoms with van der Waals surface area (Å²) in [6.07, 6.45) is 0.398. The largest absolute Gasteiger partial charge is 0.489 e. The molecule has 0 fully saturated rings. The molecule has 3 nitrogen and oxygen atoms in total. The van der Waals surface area contributed by atoms with Crippen LogP contribution in [0.5, 0.6) is 5.75 Å². The first-order valence-electron chi connectivity index (χ1n) is 5.16. The normalized spacial score (nSPS) is 12.2. The van der Waals surface area contributed by atoms with Crippen molar-refractivity contribution in [2.45, 2.75) is 12.5 Å². The van der Waals surface area contributed by atoms with Gasteiger partial charge in [-0.2, -0.15) is 5.26 Å². The molecule has 5 heteroatoms. The Labute approximate surface area is 111 Å². The van der Waals surface area contributed by atoms with Crippen LogP contribution < -0.4 is 4.74 Å². The molecule has 92 valence electrons. The van der Waals surface area contributed by atoms with E-state index < -0.39 is 0 Å². The minimum Gasteiger partial charge on any atom is -0.489 e. The first kappa shape index (κ1) is 14.1. The van der Waals surface area contributed by atoms with Gasteiger partial charge in [-0.3, -0.25) is 0 Å². The van der Waals surface area contributed by atoms with Crippen molar-refractivity contribution in [2.24, 2.45) is 0 Å². The highest BCUT2D eigenvalue weighted by Crippen LogP contribution is 2.32. The molecule has 0 aliphatic carbocycles. The number of benzene rings is 1. The zero-order chi connectivity index (χ0) is 12.8. The fraction of sp³-hybridized carbons (Fsp3) is 0.417. The first-order chi connectivity index (χ1) is 8.06. The quantitative estimate of drug-likeness (QED) is 0.826. The number of ether oxygens (including phenoxy) is 1. The maximum absolute atomic E-state index is 8.71. The SMILES string of the molecule is CN(C)C(CC#N)COc1c(Cl)cccc1Cl. The van der Waals surface area contributed by atoms with E-state index in [1.807, 2.05) is 19.0 Å². The Bertz CT molecular complexity index is 395. The maximum Gasteiger partial charge on any atom is 0.156 e. The topological polar surface area (TPSA) is 36.3 Å². The molecule has 0 bridgehead atoms. The van der Waals surface area contributed by atoms with E-state index >= 15 is 0 Å². The number of likely N-dealkylation sites (N-methyl/N-ethyl adjacent to an activating group) is 1. The molecule has 17 heavy (non-hydrogen) atoms. The van der Waals surface area contributed by atoms with Gasteiger partial charge in [0.1, 0.15) is 6.61 Å². The molecule has 0 radical (unpaired) electrons. The van der Waals surface area contributed by atoms with E-state index in [4.69, 9.17) is 33.2 Å². The van der Waals surface area contributed by atoms with E-state index in [2.05, 4.69) is 6.07 Å². The van der Waals surface area contributed by atoms with Crippen molar-refractivity contribution in [2.75, 3.05) is 20.7 Å². The number of hydrogen-bond donors (Lipinski definition) is 0. The van der Waals surface area contributed by atoms with E-state index in [0.717, 1.165) is 0 Å². The number of nitrogens with zero attached hydrogens (tertiary/aromatic N) is 2. The smallest absolute Gasteiger partial charge is 0.156 e. The van der Waals surface area contributed by atoms with Crippen molar-refractivity contribution in [3.8, 4) is 11.8 Å². The second-order valence-corrected chi connectivity index (χ2v) is 4.66. The molecule has 1 atom stereocenters. The van der Waals surface area contributed by atoms with Gasteiger partial charge in [-0.25, -0.2) is 0 Å². The van der Waals surface area contributed by atoms with Crippen LogP contribution in [0.15, 0.2) is 18.2 Å². The standard InChI is InChI=1S/C12H14Cl2N2O/c1-16(2)9(6-7-15)8-17-12-10(13)4-3-5-11(12)14/h3-5,9H,6,8H2,1-2H3. The zero-order valence-electron chi connectivity index (χ0n) is 9.78. The average molecular weight is 273 g/mol. The Morgan fingerprint density at radius 2 is 1.94 bits per heavy atom. The van der Waals surface area contributed by atoms with Crippen LogP contribution >= 0.6 is 23.2 Å². The molecule has 1 rings (SSSR count). The molecule has 0 N–H and O–H groups in total. The summed E-state index contributed by atoms with van der Waals surface area (Å²) >= 11 is 12.0. The highest BCUT2D eigenvalue weighted by molar-refractivity contribution is 6.37. The number of para-hydroxylation sites is 1. The van der Waals surface area contributed by atoms with Gasteiger partial charge in [-0.1, -0.05) is 29.3 Å². The van der Waals surface area contributed by atoms with E-state index in [1.165, 1.54) is 0 Å². The molecule has 0 aliphatic heterocycles. The molecule has 1 aromatic rings. The lowest BCUT2D eigenvalue weighted by Gasteiger charge is -2.22. The molecule has 1 aromatic carbocycles. The van der Waals surface area contributed by atoms with Gasteiger partial charge in [0.2, 0.25) is 0 Å². The van der Waals surface area contributed by atoms with Crippen LogP contribution in [0.1, 0.15) is 6.42 Å². The summed E-state index contributed by atoms with van der Waals surface area (Å²) in [5.41, 5.74) is 0. The number of halogens is 2. The van der Waals surface area contributed by atoms with Gasteiger partial charge >= 0.3 is 0 Å². The van der Waals surface area contributed by atoms with Crippen molar-refractivity contribution in [1.82, 2.24) is 4.90 Å². The predicted octanol–water partition coefficient (Wildman–Crippen LogP) is 3.22. The van der Waals surface area contributed by atoms with Crippen LogP contribution in [0, 0.1) is 11.3 Å². The van der Waals surface area contributed by atoms with Gasteiger partial charge in [-0.05, 0) is 26.2 Å². The summed E-state index contributed by atoms with van der Waals surface area (Å²) in [6.45, 7) is 0.379. The molecular formula is C12H14Cl2N2O. The Morgan fingerprint density at radius 1 is 1.35 bits per heavy atom. The Hall–Kier alpha value is -0.950. The molecule has 1 unspecified atom stereocenters. The predicted molar refractivity (Wildman–Crippen MR) is 69.7 cm³/mol. The summed E-state index contributed by atoms with van der Waals surface area (Å²) in [4.78, 5) is 1.94. The van der Waals surface area contributed by atoms with Crippen LogP contribution in [-0.4, -0.2) is 31.6 Å². The molecule has 0 heterocycles. The van der Waals surface area contributed by atoms with Crippen LogP contribution in [0.3, 0.4) is 0 Å². The average Bonchev–Trinajstić information content (AvgIpc) is 2.26. The van der Waals surface area contributed by atoms with E-state index in [9.17, 15) is 0 Å². The fourth-order valence-electron chi connectivity index (χ4n) is 1.30. The third-order valence-corrected chi connectivity index (χ3v) is 2.99.